The van der Waals surface area contributed by atoms with Gasteiger partial charge >= 0.3 is 0 Å². The molecule has 2 aliphatic rings. The number of fused-ring (bicyclic) bond motifs is 2. The molecule has 31 heavy (non-hydrogen) atoms. The SMILES string of the molecule is CCN=c1cc2oc3cc(NCC)c(C)cc3c(-c3ccccc3OCC)c-2cc1C. The van der Waals surface area contributed by atoms with Crippen molar-refractivity contribution in [3.63, 3.8) is 0 Å². The minimum absolute atomic E-state index is 0.617. The molecule has 1 aliphatic heterocycles. The standard InChI is InChI=1S/C27H30N2O2/c1-6-28-22-15-25-20(13-17(22)4)27(19-11-9-10-12-24(19)30-8-3)21-14-18(5)23(29-7-2)16-26(21)31-25/h9-16,28H,6-8H2,1-5H3. The molecular formula is C27H30N2O2. The Bertz CT molecular complexity index is 1270. The summed E-state index contributed by atoms with van der Waals surface area (Å²) in [6.07, 6.45) is 0. The lowest BCUT2D eigenvalue weighted by Crippen LogP contribution is -2.09. The van der Waals surface area contributed by atoms with Crippen molar-refractivity contribution in [2.45, 2.75) is 34.6 Å². The van der Waals surface area contributed by atoms with Gasteiger partial charge in [-0.25, -0.2) is 0 Å². The first kappa shape index (κ1) is 21.0. The van der Waals surface area contributed by atoms with Gasteiger partial charge in [0, 0.05) is 53.0 Å². The van der Waals surface area contributed by atoms with Crippen LogP contribution in [0, 0.1) is 13.8 Å². The summed E-state index contributed by atoms with van der Waals surface area (Å²) >= 11 is 0. The van der Waals surface area contributed by atoms with E-state index >= 15 is 0 Å². The molecule has 0 bridgehead atoms. The molecule has 0 saturated heterocycles. The normalized spacial score (nSPS) is 12.0. The van der Waals surface area contributed by atoms with Gasteiger partial charge in [-0.3, -0.25) is 4.99 Å². The molecule has 2 aromatic carbocycles. The summed E-state index contributed by atoms with van der Waals surface area (Å²) in [5.74, 6) is 1.71. The molecule has 0 aromatic heterocycles. The van der Waals surface area contributed by atoms with Crippen molar-refractivity contribution in [3.05, 3.63) is 65.0 Å². The van der Waals surface area contributed by atoms with Crippen molar-refractivity contribution in [3.8, 4) is 28.2 Å². The second kappa shape index (κ2) is 8.84. The number of benzene rings is 3. The van der Waals surface area contributed by atoms with Crippen LogP contribution in [0.4, 0.5) is 5.69 Å². The number of hydrogen-bond acceptors (Lipinski definition) is 4. The highest BCUT2D eigenvalue weighted by molar-refractivity contribution is 6.04. The van der Waals surface area contributed by atoms with Crippen molar-refractivity contribution in [1.29, 1.82) is 0 Å². The van der Waals surface area contributed by atoms with E-state index in [4.69, 9.17) is 9.15 Å². The minimum Gasteiger partial charge on any atom is -0.493 e. The molecule has 2 aromatic rings. The molecule has 0 fully saturated rings. The quantitative estimate of drug-likeness (QED) is 0.363. The zero-order valence-electron chi connectivity index (χ0n) is 19.0. The zero-order chi connectivity index (χ0) is 22.0. The van der Waals surface area contributed by atoms with Crippen molar-refractivity contribution < 1.29 is 9.15 Å². The summed E-state index contributed by atoms with van der Waals surface area (Å²) in [4.78, 5) is 4.65. The van der Waals surface area contributed by atoms with Crippen molar-refractivity contribution in [1.82, 2.24) is 0 Å². The highest BCUT2D eigenvalue weighted by atomic mass is 16.5. The molecule has 4 rings (SSSR count). The summed E-state index contributed by atoms with van der Waals surface area (Å²) < 4.78 is 12.5. The molecule has 1 heterocycles. The molecule has 0 unspecified atom stereocenters. The number of rotatable bonds is 6. The van der Waals surface area contributed by atoms with E-state index in [1.54, 1.807) is 0 Å². The molecule has 0 atom stereocenters. The number of para-hydroxylation sites is 1. The van der Waals surface area contributed by atoms with Crippen LogP contribution in [0.15, 0.2) is 57.9 Å². The van der Waals surface area contributed by atoms with Crippen LogP contribution in [0.2, 0.25) is 0 Å². The molecular weight excluding hydrogens is 384 g/mol. The van der Waals surface area contributed by atoms with Crippen LogP contribution in [-0.4, -0.2) is 19.7 Å². The Morgan fingerprint density at radius 1 is 0.935 bits per heavy atom. The van der Waals surface area contributed by atoms with Gasteiger partial charge in [0.1, 0.15) is 17.1 Å². The number of anilines is 1. The number of hydrogen-bond donors (Lipinski definition) is 1. The van der Waals surface area contributed by atoms with E-state index in [2.05, 4.69) is 74.4 Å². The highest BCUT2D eigenvalue weighted by Gasteiger charge is 2.21. The monoisotopic (exact) mass is 414 g/mol. The Labute approximate surface area is 183 Å². The van der Waals surface area contributed by atoms with Gasteiger partial charge in [0.15, 0.2) is 0 Å². The van der Waals surface area contributed by atoms with Crippen LogP contribution in [-0.2, 0) is 0 Å². The number of aryl methyl sites for hydroxylation is 2. The lowest BCUT2D eigenvalue weighted by atomic mass is 9.91. The average Bonchev–Trinajstić information content (AvgIpc) is 2.75. The number of nitrogens with zero attached hydrogens (tertiary/aromatic N) is 1. The molecule has 0 radical (unpaired) electrons. The fraction of sp³-hybridized carbons (Fsp3) is 0.296. The predicted octanol–water partition coefficient (Wildman–Crippen LogP) is 6.57. The topological polar surface area (TPSA) is 46.8 Å². The second-order valence-electron chi connectivity index (χ2n) is 7.71. The van der Waals surface area contributed by atoms with Gasteiger partial charge < -0.3 is 14.5 Å². The highest BCUT2D eigenvalue weighted by Crippen LogP contribution is 2.44. The van der Waals surface area contributed by atoms with Crippen molar-refractivity contribution >= 4 is 16.7 Å². The van der Waals surface area contributed by atoms with E-state index < -0.39 is 0 Å². The second-order valence-corrected chi connectivity index (χ2v) is 7.71. The number of nitrogens with one attached hydrogen (secondary N) is 1. The lowest BCUT2D eigenvalue weighted by Gasteiger charge is -2.20. The van der Waals surface area contributed by atoms with E-state index in [1.807, 2.05) is 19.1 Å². The van der Waals surface area contributed by atoms with Crippen LogP contribution in [0.3, 0.4) is 0 Å². The fourth-order valence-electron chi connectivity index (χ4n) is 4.15. The van der Waals surface area contributed by atoms with Gasteiger partial charge in [-0.2, -0.15) is 0 Å². The fourth-order valence-corrected chi connectivity index (χ4v) is 4.15. The Hall–Kier alpha value is -3.27. The number of ether oxygens (including phenoxy) is 1. The molecule has 0 spiro atoms. The maximum absolute atomic E-state index is 6.45. The molecule has 4 heteroatoms. The largest absolute Gasteiger partial charge is 0.493 e. The molecule has 0 saturated carbocycles. The third kappa shape index (κ3) is 3.90. The Kier molecular flexibility index (Phi) is 5.99. The lowest BCUT2D eigenvalue weighted by molar-refractivity contribution is 0.341. The predicted molar refractivity (Wildman–Crippen MR) is 129 cm³/mol. The summed E-state index contributed by atoms with van der Waals surface area (Å²) in [6.45, 7) is 12.6. The third-order valence-corrected chi connectivity index (χ3v) is 5.54. The molecule has 4 nitrogen and oxygen atoms in total. The van der Waals surface area contributed by atoms with Gasteiger partial charge in [0.2, 0.25) is 0 Å². The summed E-state index contributed by atoms with van der Waals surface area (Å²) in [7, 11) is 0. The first-order valence-electron chi connectivity index (χ1n) is 11.1. The maximum Gasteiger partial charge on any atom is 0.137 e. The van der Waals surface area contributed by atoms with E-state index in [0.717, 1.165) is 68.9 Å². The van der Waals surface area contributed by atoms with Gasteiger partial charge in [-0.05, 0) is 63.9 Å². The van der Waals surface area contributed by atoms with Gasteiger partial charge in [0.25, 0.3) is 0 Å². The minimum atomic E-state index is 0.617. The Balaban J connectivity index is 2.16. The Morgan fingerprint density at radius 2 is 1.74 bits per heavy atom. The van der Waals surface area contributed by atoms with Crippen LogP contribution in [0.5, 0.6) is 5.75 Å². The molecule has 1 N–H and O–H groups in total. The van der Waals surface area contributed by atoms with Crippen LogP contribution >= 0.6 is 0 Å². The van der Waals surface area contributed by atoms with Crippen molar-refractivity contribution in [2.24, 2.45) is 4.99 Å². The van der Waals surface area contributed by atoms with Crippen molar-refractivity contribution in [2.75, 3.05) is 25.0 Å². The maximum atomic E-state index is 6.45. The average molecular weight is 415 g/mol. The molecule has 1 aliphatic carbocycles. The van der Waals surface area contributed by atoms with Crippen LogP contribution in [0.25, 0.3) is 33.4 Å². The zero-order valence-corrected chi connectivity index (χ0v) is 19.0. The first-order chi connectivity index (χ1) is 15.1. The van der Waals surface area contributed by atoms with Gasteiger partial charge in [-0.1, -0.05) is 18.2 Å². The Morgan fingerprint density at radius 3 is 2.48 bits per heavy atom. The smallest absolute Gasteiger partial charge is 0.137 e. The summed E-state index contributed by atoms with van der Waals surface area (Å²) in [6, 6.07) is 16.8. The third-order valence-electron chi connectivity index (χ3n) is 5.54. The molecule has 0 amide bonds. The van der Waals surface area contributed by atoms with Crippen LogP contribution < -0.4 is 15.4 Å². The van der Waals surface area contributed by atoms with Gasteiger partial charge in [-0.15, -0.1) is 0 Å². The van der Waals surface area contributed by atoms with Gasteiger partial charge in [0.05, 0.1) is 12.0 Å². The van der Waals surface area contributed by atoms with E-state index in [1.165, 1.54) is 5.56 Å². The summed E-state index contributed by atoms with van der Waals surface area (Å²) in [5, 5.41) is 5.50. The summed E-state index contributed by atoms with van der Waals surface area (Å²) in [5.41, 5.74) is 7.55. The van der Waals surface area contributed by atoms with E-state index in [9.17, 15) is 0 Å². The van der Waals surface area contributed by atoms with E-state index in [-0.39, 0.29) is 0 Å². The van der Waals surface area contributed by atoms with Crippen LogP contribution in [0.1, 0.15) is 31.9 Å². The van der Waals surface area contributed by atoms with E-state index in [0.29, 0.717) is 6.61 Å². The first-order valence-corrected chi connectivity index (χ1v) is 11.1. The molecule has 160 valence electrons.